The molecule has 2 atom stereocenters. The van der Waals surface area contributed by atoms with Gasteiger partial charge in [-0.15, -0.1) is 0 Å². The van der Waals surface area contributed by atoms with Crippen molar-refractivity contribution < 1.29 is 19.1 Å². The van der Waals surface area contributed by atoms with E-state index in [1.807, 2.05) is 43.3 Å². The second-order valence-electron chi connectivity index (χ2n) is 8.41. The lowest BCUT2D eigenvalue weighted by Gasteiger charge is -2.15. The summed E-state index contributed by atoms with van der Waals surface area (Å²) in [6, 6.07) is 15.4. The molecule has 0 saturated carbocycles. The number of nitrogens with zero attached hydrogens (tertiary/aromatic N) is 1. The minimum atomic E-state index is -0.508. The maximum absolute atomic E-state index is 12.7. The summed E-state index contributed by atoms with van der Waals surface area (Å²) in [5, 5.41) is 5.78. The highest BCUT2D eigenvalue weighted by Gasteiger charge is 2.33. The third kappa shape index (κ3) is 4.02. The van der Waals surface area contributed by atoms with Crippen LogP contribution in [0.1, 0.15) is 29.0 Å². The molecule has 33 heavy (non-hydrogen) atoms. The van der Waals surface area contributed by atoms with E-state index in [0.29, 0.717) is 24.4 Å². The summed E-state index contributed by atoms with van der Waals surface area (Å²) >= 11 is 0. The van der Waals surface area contributed by atoms with Crippen LogP contribution in [0.4, 0.5) is 5.69 Å². The lowest BCUT2D eigenvalue weighted by Crippen LogP contribution is -2.35. The Bertz CT molecular complexity index is 1240. The van der Waals surface area contributed by atoms with Crippen LogP contribution in [-0.2, 0) is 16.0 Å². The number of hydrogen-bond acceptors (Lipinski definition) is 5. The number of pyridine rings is 1. The Labute approximate surface area is 192 Å². The molecule has 0 fully saturated rings. The summed E-state index contributed by atoms with van der Waals surface area (Å²) in [6.07, 6.45) is 2.41. The van der Waals surface area contributed by atoms with Gasteiger partial charge in [-0.05, 0) is 41.8 Å². The fourth-order valence-electron chi connectivity index (χ4n) is 4.53. The first-order chi connectivity index (χ1) is 16.0. The highest BCUT2D eigenvalue weighted by atomic mass is 16.5. The summed E-state index contributed by atoms with van der Waals surface area (Å²) in [7, 11) is 1.58. The Kier molecular flexibility index (Phi) is 5.46. The molecule has 3 aromatic rings. The number of aryl methyl sites for hydroxylation is 1. The number of benzene rings is 2. The summed E-state index contributed by atoms with van der Waals surface area (Å²) < 4.78 is 11.4. The monoisotopic (exact) mass is 443 g/mol. The van der Waals surface area contributed by atoms with Crippen molar-refractivity contribution in [1.82, 2.24) is 10.3 Å². The third-order valence-electron chi connectivity index (χ3n) is 6.22. The van der Waals surface area contributed by atoms with Gasteiger partial charge in [0.05, 0.1) is 25.3 Å². The van der Waals surface area contributed by atoms with Crippen molar-refractivity contribution in [2.24, 2.45) is 0 Å². The van der Waals surface area contributed by atoms with Crippen molar-refractivity contribution in [3.05, 3.63) is 71.4 Å². The number of para-hydroxylation sites is 1. The molecule has 3 heterocycles. The number of anilines is 1. The topological polar surface area (TPSA) is 89.5 Å². The molecule has 0 aliphatic carbocycles. The van der Waals surface area contributed by atoms with Crippen molar-refractivity contribution in [3.63, 3.8) is 0 Å². The van der Waals surface area contributed by atoms with E-state index in [-0.39, 0.29) is 24.3 Å². The number of carbonyl (C=O) groups excluding carboxylic acids is 2. The highest BCUT2D eigenvalue weighted by molar-refractivity contribution is 6.05. The second-order valence-corrected chi connectivity index (χ2v) is 8.41. The van der Waals surface area contributed by atoms with Gasteiger partial charge in [-0.3, -0.25) is 14.6 Å². The molecule has 5 rings (SSSR count). The number of methoxy groups -OCH3 is 1. The maximum Gasteiger partial charge on any atom is 0.232 e. The molecule has 0 saturated heterocycles. The number of fused-ring (bicyclic) bond motifs is 2. The molecule has 0 bridgehead atoms. The number of hydrogen-bond donors (Lipinski definition) is 2. The van der Waals surface area contributed by atoms with Gasteiger partial charge in [-0.2, -0.15) is 0 Å². The molecule has 7 nitrogen and oxygen atoms in total. The molecule has 7 heteroatoms. The lowest BCUT2D eigenvalue weighted by molar-refractivity contribution is -0.125. The van der Waals surface area contributed by atoms with Crippen molar-refractivity contribution in [2.45, 2.75) is 31.8 Å². The van der Waals surface area contributed by atoms with Crippen LogP contribution in [0.3, 0.4) is 0 Å². The Morgan fingerprint density at radius 3 is 2.94 bits per heavy atom. The average Bonchev–Trinajstić information content (AvgIpc) is 3.38. The van der Waals surface area contributed by atoms with Gasteiger partial charge in [0.1, 0.15) is 17.6 Å². The minimum absolute atomic E-state index is 0.0865. The molecule has 0 spiro atoms. The van der Waals surface area contributed by atoms with Crippen LogP contribution in [0.5, 0.6) is 11.5 Å². The molecule has 0 unspecified atom stereocenters. The summed E-state index contributed by atoms with van der Waals surface area (Å²) in [6.45, 7) is 2.40. The van der Waals surface area contributed by atoms with Crippen molar-refractivity contribution in [2.75, 3.05) is 19.0 Å². The van der Waals surface area contributed by atoms with E-state index >= 15 is 0 Å². The SMILES string of the molecule is COc1ccc2c(c1)NC(=O)[C@H]2CC(=O)NC[C@@H]1Cc2cccc(-c3ncccc3C)c2O1. The van der Waals surface area contributed by atoms with Gasteiger partial charge < -0.3 is 20.1 Å². The van der Waals surface area contributed by atoms with Crippen LogP contribution in [-0.4, -0.2) is 36.6 Å². The Morgan fingerprint density at radius 1 is 1.24 bits per heavy atom. The smallest absolute Gasteiger partial charge is 0.232 e. The molecule has 168 valence electrons. The van der Waals surface area contributed by atoms with Gasteiger partial charge in [0.2, 0.25) is 11.8 Å². The van der Waals surface area contributed by atoms with Gasteiger partial charge in [0.15, 0.2) is 0 Å². The number of rotatable bonds is 6. The van der Waals surface area contributed by atoms with Gasteiger partial charge in [0, 0.05) is 36.4 Å². The third-order valence-corrected chi connectivity index (χ3v) is 6.22. The molecule has 0 radical (unpaired) electrons. The molecule has 2 N–H and O–H groups in total. The first-order valence-corrected chi connectivity index (χ1v) is 11.0. The molecule has 1 aromatic heterocycles. The number of nitrogens with one attached hydrogen (secondary N) is 2. The van der Waals surface area contributed by atoms with Gasteiger partial charge >= 0.3 is 0 Å². The predicted molar refractivity (Wildman–Crippen MR) is 125 cm³/mol. The summed E-state index contributed by atoms with van der Waals surface area (Å²) in [5.41, 5.74) is 5.57. The fraction of sp³-hybridized carbons (Fsp3) is 0.269. The Balaban J connectivity index is 1.22. The first kappa shape index (κ1) is 21.0. The molecule has 2 aliphatic rings. The van der Waals surface area contributed by atoms with E-state index in [1.54, 1.807) is 25.4 Å². The van der Waals surface area contributed by atoms with Crippen molar-refractivity contribution >= 4 is 17.5 Å². The van der Waals surface area contributed by atoms with Crippen molar-refractivity contribution in [3.8, 4) is 22.8 Å². The molecular weight excluding hydrogens is 418 g/mol. The van der Waals surface area contributed by atoms with Crippen LogP contribution in [0, 0.1) is 6.92 Å². The van der Waals surface area contributed by atoms with Gasteiger partial charge in [-0.1, -0.05) is 24.3 Å². The van der Waals surface area contributed by atoms with E-state index in [0.717, 1.165) is 33.7 Å². The zero-order valence-corrected chi connectivity index (χ0v) is 18.6. The largest absolute Gasteiger partial charge is 0.497 e. The van der Waals surface area contributed by atoms with Crippen molar-refractivity contribution in [1.29, 1.82) is 0 Å². The quantitative estimate of drug-likeness (QED) is 0.608. The first-order valence-electron chi connectivity index (χ1n) is 11.0. The Hall–Kier alpha value is -3.87. The van der Waals surface area contributed by atoms with Gasteiger partial charge in [-0.25, -0.2) is 0 Å². The minimum Gasteiger partial charge on any atom is -0.497 e. The van der Waals surface area contributed by atoms with E-state index in [9.17, 15) is 9.59 Å². The zero-order valence-electron chi connectivity index (χ0n) is 18.6. The maximum atomic E-state index is 12.7. The van der Waals surface area contributed by atoms with Crippen LogP contribution >= 0.6 is 0 Å². The average molecular weight is 444 g/mol. The van der Waals surface area contributed by atoms with E-state index < -0.39 is 5.92 Å². The van der Waals surface area contributed by atoms with Gasteiger partial charge in [0.25, 0.3) is 0 Å². The number of ether oxygens (including phenoxy) is 2. The number of carbonyl (C=O) groups is 2. The van der Waals surface area contributed by atoms with Crippen LogP contribution < -0.4 is 20.1 Å². The zero-order chi connectivity index (χ0) is 22.9. The Morgan fingerprint density at radius 2 is 2.12 bits per heavy atom. The van der Waals surface area contributed by atoms with Crippen LogP contribution in [0.2, 0.25) is 0 Å². The summed E-state index contributed by atoms with van der Waals surface area (Å²) in [5.74, 6) is 0.632. The second kappa shape index (κ2) is 8.58. The molecular formula is C26H25N3O4. The number of aromatic nitrogens is 1. The van der Waals surface area contributed by atoms with E-state index in [4.69, 9.17) is 9.47 Å². The molecule has 2 amide bonds. The van der Waals surface area contributed by atoms with E-state index in [1.165, 1.54) is 0 Å². The molecule has 2 aliphatic heterocycles. The van der Waals surface area contributed by atoms with Crippen LogP contribution in [0.25, 0.3) is 11.3 Å². The standard InChI is InChI=1S/C26H25N3O4/c1-15-5-4-10-27-24(15)20-7-3-6-16-11-18(33-25(16)20)14-28-23(30)13-21-19-9-8-17(32-2)12-22(19)29-26(21)31/h3-10,12,18,21H,11,13-14H2,1-2H3,(H,28,30)(H,29,31)/t18-,21-/m0/s1. The fourth-order valence-corrected chi connectivity index (χ4v) is 4.53. The number of amides is 2. The van der Waals surface area contributed by atoms with Crippen LogP contribution in [0.15, 0.2) is 54.7 Å². The summed E-state index contributed by atoms with van der Waals surface area (Å²) in [4.78, 5) is 29.6. The normalized spacial score (nSPS) is 18.2. The highest BCUT2D eigenvalue weighted by Crippen LogP contribution is 2.39. The lowest BCUT2D eigenvalue weighted by atomic mass is 9.96. The predicted octanol–water partition coefficient (Wildman–Crippen LogP) is 3.61. The van der Waals surface area contributed by atoms with E-state index in [2.05, 4.69) is 15.6 Å². The molecule has 2 aromatic carbocycles.